The predicted octanol–water partition coefficient (Wildman–Crippen LogP) is 2.04. The van der Waals surface area contributed by atoms with Gasteiger partial charge in [-0.3, -0.25) is 9.69 Å². The molecule has 4 N–H and O–H groups in total. The fourth-order valence-electron chi connectivity index (χ4n) is 3.59. The van der Waals surface area contributed by atoms with Gasteiger partial charge in [-0.1, -0.05) is 12.1 Å². The van der Waals surface area contributed by atoms with Gasteiger partial charge in [-0.05, 0) is 35.9 Å². The predicted molar refractivity (Wildman–Crippen MR) is 124 cm³/mol. The van der Waals surface area contributed by atoms with Crippen LogP contribution in [0.3, 0.4) is 0 Å². The summed E-state index contributed by atoms with van der Waals surface area (Å²) in [6, 6.07) is 10.4. The van der Waals surface area contributed by atoms with Gasteiger partial charge >= 0.3 is 0 Å². The SMILES string of the molecule is O=C(Cc1ccc(O)cc1)N=Nc1c(O)[nH]c2ccc(S(=O)(=O)NCCN3CCOCC3)cc12. The number of phenols is 1. The van der Waals surface area contributed by atoms with Crippen molar-refractivity contribution in [3.63, 3.8) is 0 Å². The summed E-state index contributed by atoms with van der Waals surface area (Å²) in [5.74, 6) is -0.804. The molecule has 0 radical (unpaired) electrons. The fourth-order valence-corrected chi connectivity index (χ4v) is 4.63. The lowest BCUT2D eigenvalue weighted by Gasteiger charge is -2.26. The van der Waals surface area contributed by atoms with Gasteiger partial charge in [0.2, 0.25) is 15.9 Å². The number of phenolic OH excluding ortho intramolecular Hbond substituents is 1. The molecule has 1 fully saturated rings. The van der Waals surface area contributed by atoms with E-state index in [9.17, 15) is 23.4 Å². The third kappa shape index (κ3) is 5.78. The summed E-state index contributed by atoms with van der Waals surface area (Å²) in [7, 11) is -3.80. The number of hydrogen-bond donors (Lipinski definition) is 4. The van der Waals surface area contributed by atoms with Crippen molar-refractivity contribution in [2.24, 2.45) is 10.2 Å². The lowest BCUT2D eigenvalue weighted by molar-refractivity contribution is -0.117. The third-order valence-corrected chi connectivity index (χ3v) is 6.87. The highest BCUT2D eigenvalue weighted by molar-refractivity contribution is 7.89. The molecule has 0 spiro atoms. The van der Waals surface area contributed by atoms with Crippen molar-refractivity contribution in [1.82, 2.24) is 14.6 Å². The molecule has 0 saturated carbocycles. The van der Waals surface area contributed by atoms with Crippen LogP contribution < -0.4 is 4.72 Å². The second-order valence-electron chi connectivity index (χ2n) is 7.82. The van der Waals surface area contributed by atoms with Gasteiger partial charge in [0, 0.05) is 31.6 Å². The summed E-state index contributed by atoms with van der Waals surface area (Å²) in [4.78, 5) is 17.0. The number of aromatic hydroxyl groups is 2. The molecule has 1 saturated heterocycles. The molecule has 34 heavy (non-hydrogen) atoms. The van der Waals surface area contributed by atoms with Gasteiger partial charge in [-0.2, -0.15) is 0 Å². The highest BCUT2D eigenvalue weighted by atomic mass is 32.2. The van der Waals surface area contributed by atoms with Crippen molar-refractivity contribution in [3.05, 3.63) is 48.0 Å². The summed E-state index contributed by atoms with van der Waals surface area (Å²) >= 11 is 0. The summed E-state index contributed by atoms with van der Waals surface area (Å²) in [5.41, 5.74) is 1.06. The summed E-state index contributed by atoms with van der Waals surface area (Å²) in [6.07, 6.45) is -0.0421. The van der Waals surface area contributed by atoms with Gasteiger partial charge in [0.1, 0.15) is 5.75 Å². The molecule has 2 heterocycles. The van der Waals surface area contributed by atoms with Gasteiger partial charge in [0.05, 0.1) is 30.0 Å². The average molecular weight is 488 g/mol. The number of nitrogens with one attached hydrogen (secondary N) is 2. The average Bonchev–Trinajstić information content (AvgIpc) is 3.14. The quantitative estimate of drug-likeness (QED) is 0.354. The van der Waals surface area contributed by atoms with Crippen LogP contribution in [0.5, 0.6) is 11.6 Å². The number of H-pyrrole nitrogens is 1. The first kappa shape index (κ1) is 23.8. The number of carbonyl (C=O) groups excluding carboxylic acids is 1. The Labute approximate surface area is 196 Å². The fraction of sp³-hybridized carbons (Fsp3) is 0.318. The Hall–Kier alpha value is -3.32. The number of nitrogens with zero attached hydrogens (tertiary/aromatic N) is 3. The number of hydrogen-bond acceptors (Lipinski definition) is 8. The van der Waals surface area contributed by atoms with Crippen molar-refractivity contribution >= 4 is 32.5 Å². The van der Waals surface area contributed by atoms with E-state index in [2.05, 4.69) is 24.8 Å². The molecule has 180 valence electrons. The number of ether oxygens (including phenoxy) is 1. The lowest BCUT2D eigenvalue weighted by atomic mass is 10.1. The maximum Gasteiger partial charge on any atom is 0.269 e. The van der Waals surface area contributed by atoms with E-state index < -0.39 is 15.9 Å². The van der Waals surface area contributed by atoms with E-state index in [0.717, 1.165) is 13.1 Å². The van der Waals surface area contributed by atoms with Crippen molar-refractivity contribution < 1.29 is 28.2 Å². The van der Waals surface area contributed by atoms with Gasteiger partial charge in [0.15, 0.2) is 5.69 Å². The monoisotopic (exact) mass is 487 g/mol. The third-order valence-electron chi connectivity index (χ3n) is 5.41. The molecule has 1 aromatic heterocycles. The molecule has 0 atom stereocenters. The first-order chi connectivity index (χ1) is 16.3. The Kier molecular flexibility index (Phi) is 7.22. The Morgan fingerprint density at radius 2 is 1.85 bits per heavy atom. The van der Waals surface area contributed by atoms with E-state index in [-0.39, 0.29) is 35.2 Å². The second-order valence-corrected chi connectivity index (χ2v) is 9.59. The highest BCUT2D eigenvalue weighted by Gasteiger charge is 2.19. The smallest absolute Gasteiger partial charge is 0.269 e. The van der Waals surface area contributed by atoms with Crippen LogP contribution in [0.2, 0.25) is 0 Å². The van der Waals surface area contributed by atoms with Crippen LogP contribution in [0.4, 0.5) is 5.69 Å². The highest BCUT2D eigenvalue weighted by Crippen LogP contribution is 2.36. The standard InChI is InChI=1S/C22H25N5O6S/c28-16-3-1-15(2-4-16)13-20(29)25-26-21-18-14-17(5-6-19(18)24-22(21)30)34(31,32)23-7-8-27-9-11-33-12-10-27/h1-6,14,23-24,28,30H,7-13H2. The molecule has 0 bridgehead atoms. The molecule has 1 amide bonds. The van der Waals surface area contributed by atoms with E-state index in [1.165, 1.54) is 30.3 Å². The Morgan fingerprint density at radius 1 is 1.12 bits per heavy atom. The van der Waals surface area contributed by atoms with Crippen LogP contribution in [-0.4, -0.2) is 73.8 Å². The number of azo groups is 1. The van der Waals surface area contributed by atoms with Crippen LogP contribution in [0.15, 0.2) is 57.6 Å². The minimum atomic E-state index is -3.80. The van der Waals surface area contributed by atoms with E-state index >= 15 is 0 Å². The Bertz CT molecular complexity index is 1300. The summed E-state index contributed by atoms with van der Waals surface area (Å²) in [5, 5.41) is 27.4. The van der Waals surface area contributed by atoms with Gasteiger partial charge in [-0.25, -0.2) is 13.1 Å². The summed E-state index contributed by atoms with van der Waals surface area (Å²) < 4.78 is 33.4. The Morgan fingerprint density at radius 3 is 2.59 bits per heavy atom. The number of sulfonamides is 1. The molecule has 11 nitrogen and oxygen atoms in total. The summed E-state index contributed by atoms with van der Waals surface area (Å²) in [6.45, 7) is 3.60. The molecule has 12 heteroatoms. The number of rotatable bonds is 8. The minimum Gasteiger partial charge on any atom is -0.508 e. The van der Waals surface area contributed by atoms with E-state index in [4.69, 9.17) is 4.74 Å². The topological polar surface area (TPSA) is 157 Å². The molecular formula is C22H25N5O6S. The van der Waals surface area contributed by atoms with Gasteiger partial charge < -0.3 is 19.9 Å². The van der Waals surface area contributed by atoms with Crippen LogP contribution in [0, 0.1) is 0 Å². The number of benzene rings is 2. The number of aromatic amines is 1. The molecular weight excluding hydrogens is 462 g/mol. The maximum absolute atomic E-state index is 12.8. The van der Waals surface area contributed by atoms with Crippen molar-refractivity contribution in [3.8, 4) is 11.6 Å². The van der Waals surface area contributed by atoms with E-state index in [0.29, 0.717) is 36.2 Å². The normalized spacial score (nSPS) is 15.3. The first-order valence-corrected chi connectivity index (χ1v) is 12.2. The van der Waals surface area contributed by atoms with Crippen LogP contribution >= 0.6 is 0 Å². The molecule has 3 aromatic rings. The molecule has 1 aliphatic rings. The van der Waals surface area contributed by atoms with Crippen molar-refractivity contribution in [1.29, 1.82) is 0 Å². The van der Waals surface area contributed by atoms with Gasteiger partial charge in [-0.15, -0.1) is 10.2 Å². The largest absolute Gasteiger partial charge is 0.508 e. The number of morpholine rings is 1. The van der Waals surface area contributed by atoms with Crippen LogP contribution in [-0.2, 0) is 26.0 Å². The number of carbonyl (C=O) groups is 1. The second kappa shape index (κ2) is 10.3. The van der Waals surface area contributed by atoms with Crippen molar-refractivity contribution in [2.45, 2.75) is 11.3 Å². The van der Waals surface area contributed by atoms with E-state index in [1.54, 1.807) is 12.1 Å². The molecule has 1 aliphatic heterocycles. The number of amides is 1. The Balaban J connectivity index is 1.47. The lowest BCUT2D eigenvalue weighted by Crippen LogP contribution is -2.41. The molecule has 4 rings (SSSR count). The minimum absolute atomic E-state index is 0.00727. The molecule has 0 aliphatic carbocycles. The number of fused-ring (bicyclic) bond motifs is 1. The molecule has 0 unspecified atom stereocenters. The van der Waals surface area contributed by atoms with Crippen molar-refractivity contribution in [2.75, 3.05) is 39.4 Å². The number of aromatic nitrogens is 1. The zero-order valence-electron chi connectivity index (χ0n) is 18.3. The zero-order valence-corrected chi connectivity index (χ0v) is 19.1. The zero-order chi connectivity index (χ0) is 24.1. The maximum atomic E-state index is 12.8. The van der Waals surface area contributed by atoms with Crippen LogP contribution in [0.1, 0.15) is 5.56 Å². The first-order valence-electron chi connectivity index (χ1n) is 10.7. The molecule has 2 aromatic carbocycles. The van der Waals surface area contributed by atoms with Gasteiger partial charge in [0.25, 0.3) is 5.91 Å². The van der Waals surface area contributed by atoms with E-state index in [1.807, 2.05) is 0 Å². The van der Waals surface area contributed by atoms with Crippen LogP contribution in [0.25, 0.3) is 10.9 Å².